The number of nitrogens with one attached hydrogen (secondary N) is 1. The van der Waals surface area contributed by atoms with E-state index in [0.717, 1.165) is 34.0 Å². The van der Waals surface area contributed by atoms with Crippen molar-refractivity contribution in [1.82, 2.24) is 24.6 Å². The van der Waals surface area contributed by atoms with E-state index in [1.165, 1.54) is 12.1 Å². The lowest BCUT2D eigenvalue weighted by atomic mass is 10.0. The molecule has 0 saturated heterocycles. The first kappa shape index (κ1) is 21.9. The molecule has 1 N–H and O–H groups in total. The van der Waals surface area contributed by atoms with Crippen LogP contribution in [0.25, 0.3) is 11.5 Å². The highest BCUT2D eigenvalue weighted by molar-refractivity contribution is 5.76. The molecule has 4 aromatic rings. The number of carbonyl (C=O) groups is 1. The Hall–Kier alpha value is -3.91. The molecule has 0 spiro atoms. The van der Waals surface area contributed by atoms with E-state index in [2.05, 4.69) is 9.88 Å². The minimum absolute atomic E-state index is 0.223. The number of rotatable bonds is 5. The number of carbonyl (C=O) groups excluding carboxylic acids is 1. The number of nitrogens with zero attached hydrogens (tertiary/aromatic N) is 4. The number of benzene rings is 2. The van der Waals surface area contributed by atoms with Gasteiger partial charge in [0, 0.05) is 25.4 Å². The number of aryl methyl sites for hydroxylation is 1. The van der Waals surface area contributed by atoms with Gasteiger partial charge in [-0.25, -0.2) is 13.9 Å². The molecule has 1 aliphatic heterocycles. The topological polar surface area (TPSA) is 64.3 Å². The Labute approximate surface area is 197 Å². The van der Waals surface area contributed by atoms with Gasteiger partial charge in [-0.1, -0.05) is 30.3 Å². The Morgan fingerprint density at radius 2 is 1.88 bits per heavy atom. The maximum atomic E-state index is 13.8. The summed E-state index contributed by atoms with van der Waals surface area (Å²) < 4.78 is 22.9. The molecule has 0 radical (unpaired) electrons. The van der Waals surface area contributed by atoms with Crippen molar-refractivity contribution in [3.8, 4) is 11.5 Å². The normalized spacial score (nSPS) is 14.9. The van der Waals surface area contributed by atoms with E-state index in [1.54, 1.807) is 24.1 Å². The summed E-state index contributed by atoms with van der Waals surface area (Å²) in [6.45, 7) is 3.10. The Morgan fingerprint density at radius 1 is 1.12 bits per heavy atom. The van der Waals surface area contributed by atoms with E-state index in [9.17, 15) is 9.18 Å². The molecule has 2 aromatic heterocycles. The molecule has 0 aliphatic carbocycles. The van der Waals surface area contributed by atoms with Gasteiger partial charge in [0.25, 0.3) is 0 Å². The van der Waals surface area contributed by atoms with Crippen molar-refractivity contribution >= 4 is 6.03 Å². The minimum atomic E-state index is -0.422. The fraction of sp³-hybridized carbons (Fsp3) is 0.231. The van der Waals surface area contributed by atoms with E-state index in [-0.39, 0.29) is 11.8 Å². The number of ether oxygens (including phenoxy) is 1. The molecule has 0 saturated carbocycles. The second kappa shape index (κ2) is 9.15. The number of amides is 2. The highest BCUT2D eigenvalue weighted by Crippen LogP contribution is 2.38. The molecule has 0 fully saturated rings. The standard InChI is InChI=1S/C26H26FN5O2/c1-18-22-17-31(26(33)28-14-16-34-2)24(19-10-12-20(27)13-11-19)23-9-6-15-30(23)25(22)32(29-18)21-7-4-3-5-8-21/h3-13,15,24H,14,16-17H2,1-2H3,(H,28,33)/t24-/m1/s1. The first-order valence-electron chi connectivity index (χ1n) is 11.2. The zero-order chi connectivity index (χ0) is 23.7. The third kappa shape index (κ3) is 3.86. The minimum Gasteiger partial charge on any atom is -0.383 e. The molecule has 2 aromatic carbocycles. The van der Waals surface area contributed by atoms with Crippen LogP contribution in [0.15, 0.2) is 72.9 Å². The van der Waals surface area contributed by atoms with Crippen LogP contribution in [0.4, 0.5) is 9.18 Å². The molecule has 0 unspecified atom stereocenters. The van der Waals surface area contributed by atoms with Crippen molar-refractivity contribution < 1.29 is 13.9 Å². The molecule has 3 heterocycles. The number of para-hydroxylation sites is 1. The van der Waals surface area contributed by atoms with Crippen molar-refractivity contribution in [2.75, 3.05) is 20.3 Å². The lowest BCUT2D eigenvalue weighted by molar-refractivity contribution is 0.168. The van der Waals surface area contributed by atoms with Crippen molar-refractivity contribution in [3.05, 3.63) is 101 Å². The molecular weight excluding hydrogens is 433 g/mol. The van der Waals surface area contributed by atoms with Crippen LogP contribution in [-0.4, -0.2) is 45.5 Å². The molecule has 34 heavy (non-hydrogen) atoms. The zero-order valence-electron chi connectivity index (χ0n) is 19.1. The molecule has 7 nitrogen and oxygen atoms in total. The number of methoxy groups -OCH3 is 1. The lowest BCUT2D eigenvalue weighted by Crippen LogP contribution is -2.43. The van der Waals surface area contributed by atoms with Crippen LogP contribution < -0.4 is 5.32 Å². The summed E-state index contributed by atoms with van der Waals surface area (Å²) >= 11 is 0. The number of urea groups is 1. The molecule has 174 valence electrons. The average molecular weight is 460 g/mol. The summed E-state index contributed by atoms with van der Waals surface area (Å²) in [6.07, 6.45) is 1.98. The molecule has 1 atom stereocenters. The number of fused-ring (bicyclic) bond motifs is 3. The zero-order valence-corrected chi connectivity index (χ0v) is 19.1. The van der Waals surface area contributed by atoms with Gasteiger partial charge < -0.3 is 19.5 Å². The van der Waals surface area contributed by atoms with Gasteiger partial charge in [-0.3, -0.25) is 0 Å². The monoisotopic (exact) mass is 459 g/mol. The highest BCUT2D eigenvalue weighted by Gasteiger charge is 2.35. The van der Waals surface area contributed by atoms with E-state index < -0.39 is 6.04 Å². The van der Waals surface area contributed by atoms with Gasteiger partial charge in [0.15, 0.2) is 0 Å². The summed E-state index contributed by atoms with van der Waals surface area (Å²) in [4.78, 5) is 15.2. The first-order chi connectivity index (χ1) is 16.6. The van der Waals surface area contributed by atoms with Gasteiger partial charge in [-0.15, -0.1) is 0 Å². The predicted octanol–water partition coefficient (Wildman–Crippen LogP) is 4.37. The molecule has 5 rings (SSSR count). The lowest BCUT2D eigenvalue weighted by Gasteiger charge is -2.31. The van der Waals surface area contributed by atoms with Gasteiger partial charge in [0.1, 0.15) is 11.6 Å². The second-order valence-corrected chi connectivity index (χ2v) is 8.24. The Morgan fingerprint density at radius 3 is 2.62 bits per heavy atom. The molecule has 0 bridgehead atoms. The van der Waals surface area contributed by atoms with Crippen molar-refractivity contribution in [3.63, 3.8) is 0 Å². The summed E-state index contributed by atoms with van der Waals surface area (Å²) in [7, 11) is 1.60. The van der Waals surface area contributed by atoms with Crippen LogP contribution in [-0.2, 0) is 11.3 Å². The maximum absolute atomic E-state index is 13.8. The van der Waals surface area contributed by atoms with Crippen LogP contribution in [0.3, 0.4) is 0 Å². The smallest absolute Gasteiger partial charge is 0.318 e. The van der Waals surface area contributed by atoms with Crippen molar-refractivity contribution in [1.29, 1.82) is 0 Å². The Kier molecular flexibility index (Phi) is 5.90. The Balaban J connectivity index is 1.69. The molecule has 8 heteroatoms. The third-order valence-corrected chi connectivity index (χ3v) is 6.12. The van der Waals surface area contributed by atoms with E-state index >= 15 is 0 Å². The first-order valence-corrected chi connectivity index (χ1v) is 11.2. The largest absolute Gasteiger partial charge is 0.383 e. The van der Waals surface area contributed by atoms with Crippen molar-refractivity contribution in [2.24, 2.45) is 0 Å². The number of aromatic nitrogens is 3. The second-order valence-electron chi connectivity index (χ2n) is 8.24. The van der Waals surface area contributed by atoms with Crippen LogP contribution in [0.5, 0.6) is 0 Å². The summed E-state index contributed by atoms with van der Waals surface area (Å²) in [6, 6.07) is 19.6. The van der Waals surface area contributed by atoms with Gasteiger partial charge in [-0.2, -0.15) is 5.10 Å². The summed E-state index contributed by atoms with van der Waals surface area (Å²) in [5.41, 5.74) is 4.44. The fourth-order valence-corrected chi connectivity index (χ4v) is 4.51. The Bertz CT molecular complexity index is 1300. The average Bonchev–Trinajstić information content (AvgIpc) is 3.41. The summed E-state index contributed by atoms with van der Waals surface area (Å²) in [5, 5.41) is 7.78. The SMILES string of the molecule is COCCNC(=O)N1Cc2c(C)nn(-c3ccccc3)c2-n2cccc2[C@H]1c1ccc(F)cc1. The van der Waals surface area contributed by atoms with E-state index in [0.29, 0.717) is 19.7 Å². The third-order valence-electron chi connectivity index (χ3n) is 6.12. The van der Waals surface area contributed by atoms with Crippen LogP contribution in [0, 0.1) is 12.7 Å². The number of hydrogen-bond donors (Lipinski definition) is 1. The van der Waals surface area contributed by atoms with Gasteiger partial charge in [0.05, 0.1) is 36.3 Å². The van der Waals surface area contributed by atoms with Crippen LogP contribution in [0.2, 0.25) is 0 Å². The molecule has 2 amide bonds. The van der Waals surface area contributed by atoms with Crippen LogP contribution in [0.1, 0.15) is 28.6 Å². The van der Waals surface area contributed by atoms with Crippen molar-refractivity contribution in [2.45, 2.75) is 19.5 Å². The van der Waals surface area contributed by atoms with Gasteiger partial charge >= 0.3 is 6.03 Å². The highest BCUT2D eigenvalue weighted by atomic mass is 19.1. The summed E-state index contributed by atoms with van der Waals surface area (Å²) in [5.74, 6) is 0.575. The quantitative estimate of drug-likeness (QED) is 0.451. The van der Waals surface area contributed by atoms with Crippen LogP contribution >= 0.6 is 0 Å². The van der Waals surface area contributed by atoms with E-state index in [1.807, 2.05) is 60.3 Å². The predicted molar refractivity (Wildman–Crippen MR) is 127 cm³/mol. The number of hydrogen-bond acceptors (Lipinski definition) is 3. The molecule has 1 aliphatic rings. The molecular formula is C26H26FN5O2. The number of halogens is 1. The van der Waals surface area contributed by atoms with Gasteiger partial charge in [-0.05, 0) is 48.9 Å². The fourth-order valence-electron chi connectivity index (χ4n) is 4.51. The maximum Gasteiger partial charge on any atom is 0.318 e. The van der Waals surface area contributed by atoms with Gasteiger partial charge in [0.2, 0.25) is 0 Å². The van der Waals surface area contributed by atoms with E-state index in [4.69, 9.17) is 9.84 Å².